The van der Waals surface area contributed by atoms with Crippen LogP contribution >= 0.6 is 0 Å². The molecule has 7 atom stereocenters. The van der Waals surface area contributed by atoms with E-state index in [1.807, 2.05) is 24.3 Å². The fourth-order valence-electron chi connectivity index (χ4n) is 10.7. The van der Waals surface area contributed by atoms with Crippen LogP contribution in [0, 0.1) is 11.8 Å². The van der Waals surface area contributed by atoms with Crippen molar-refractivity contribution in [1.29, 1.82) is 0 Å². The molecule has 0 saturated heterocycles. The maximum absolute atomic E-state index is 15.9. The van der Waals surface area contributed by atoms with Gasteiger partial charge in [-0.25, -0.2) is 0 Å². The van der Waals surface area contributed by atoms with E-state index in [0.29, 0.717) is 13.0 Å². The Bertz CT molecular complexity index is 1640. The summed E-state index contributed by atoms with van der Waals surface area (Å²) in [6.07, 6.45) is 3.57. The van der Waals surface area contributed by atoms with Crippen molar-refractivity contribution in [2.45, 2.75) is 266 Å². The van der Waals surface area contributed by atoms with E-state index in [1.54, 1.807) is 7.11 Å². The zero-order chi connectivity index (χ0) is 53.3. The lowest BCUT2D eigenvalue weighted by atomic mass is 9.85. The lowest BCUT2D eigenvalue weighted by Gasteiger charge is -2.45. The zero-order valence-electron chi connectivity index (χ0n) is 48.7. The third-order valence-electron chi connectivity index (χ3n) is 16.7. The number of hydrogen-bond acceptors (Lipinski definition) is 9. The van der Waals surface area contributed by atoms with Gasteiger partial charge in [-0.3, -0.25) is 9.59 Å². The molecule has 13 heteroatoms. The largest absolute Gasteiger partial charge is 0.497 e. The summed E-state index contributed by atoms with van der Waals surface area (Å²) in [6.45, 7) is 45.1. The van der Waals surface area contributed by atoms with Crippen LogP contribution in [0.2, 0.25) is 72.5 Å². The van der Waals surface area contributed by atoms with E-state index < -0.39 is 57.2 Å². The number of methoxy groups -OCH3 is 1. The van der Waals surface area contributed by atoms with Gasteiger partial charge in [0.15, 0.2) is 39.1 Å². The van der Waals surface area contributed by atoms with E-state index in [4.69, 9.17) is 31.9 Å². The van der Waals surface area contributed by atoms with Gasteiger partial charge < -0.3 is 31.9 Å². The van der Waals surface area contributed by atoms with Crippen LogP contribution in [-0.2, 0) is 43.4 Å². The van der Waals surface area contributed by atoms with Crippen LogP contribution in [0.15, 0.2) is 48.1 Å². The van der Waals surface area contributed by atoms with E-state index >= 15 is 4.79 Å². The second-order valence-corrected chi connectivity index (χ2v) is 40.0. The average molecular weight is 1050 g/mol. The maximum Gasteiger partial charge on any atom is 0.302 e. The molecule has 0 bridgehead atoms. The van der Waals surface area contributed by atoms with Crippen molar-refractivity contribution in [3.8, 4) is 5.75 Å². The maximum atomic E-state index is 15.9. The third-order valence-corrected chi connectivity index (χ3v) is 35.6. The van der Waals surface area contributed by atoms with Crippen molar-refractivity contribution >= 4 is 45.0 Å². The second kappa shape index (κ2) is 32.6. The van der Waals surface area contributed by atoms with Gasteiger partial charge in [-0.15, -0.1) is 0 Å². The summed E-state index contributed by atoms with van der Waals surface area (Å²) in [6, 6.07) is 20.0. The minimum Gasteiger partial charge on any atom is -0.497 e. The van der Waals surface area contributed by atoms with Gasteiger partial charge >= 0.3 is 5.97 Å². The summed E-state index contributed by atoms with van der Waals surface area (Å²) in [5.74, 6) is 0.814. The molecule has 0 heterocycles. The number of hydrogen-bond donors (Lipinski definition) is 0. The number of carbonyl (C=O) groups is 2. The molecule has 70 heavy (non-hydrogen) atoms. The van der Waals surface area contributed by atoms with Crippen LogP contribution < -0.4 is 4.74 Å². The molecular weight excluding hydrogens is 941 g/mol. The monoisotopic (exact) mass is 1050 g/mol. The summed E-state index contributed by atoms with van der Waals surface area (Å²) in [4.78, 5) is 27.4. The normalized spacial score (nSPS) is 16.5. The van der Waals surface area contributed by atoms with Gasteiger partial charge in [-0.1, -0.05) is 127 Å². The molecule has 0 aliphatic carbocycles. The van der Waals surface area contributed by atoms with Crippen LogP contribution in [0.5, 0.6) is 5.75 Å². The number of allylic oxidation sites excluding steroid dienone is 2. The van der Waals surface area contributed by atoms with Gasteiger partial charge in [0, 0.05) is 25.9 Å². The van der Waals surface area contributed by atoms with Gasteiger partial charge in [0.1, 0.15) is 11.9 Å². The van der Waals surface area contributed by atoms with Crippen molar-refractivity contribution in [1.82, 2.24) is 0 Å². The van der Waals surface area contributed by atoms with Crippen molar-refractivity contribution in [3.63, 3.8) is 0 Å². The molecule has 9 nitrogen and oxygen atoms in total. The van der Waals surface area contributed by atoms with Crippen LogP contribution in [0.3, 0.4) is 0 Å². The predicted molar refractivity (Wildman–Crippen MR) is 306 cm³/mol. The molecule has 0 spiro atoms. The lowest BCUT2D eigenvalue weighted by Crippen LogP contribution is -2.53. The lowest BCUT2D eigenvalue weighted by molar-refractivity contribution is -0.144. The summed E-state index contributed by atoms with van der Waals surface area (Å²) in [5, 5.41) is 0. The molecule has 0 aliphatic heterocycles. The number of rotatable bonds is 40. The van der Waals surface area contributed by atoms with E-state index in [2.05, 4.69) is 130 Å². The van der Waals surface area contributed by atoms with E-state index in [-0.39, 0.29) is 42.7 Å². The molecule has 0 unspecified atom stereocenters. The Morgan fingerprint density at radius 2 is 1.14 bits per heavy atom. The summed E-state index contributed by atoms with van der Waals surface area (Å²) in [7, 11) is -6.99. The van der Waals surface area contributed by atoms with Crippen LogP contribution in [0.4, 0.5) is 0 Å². The fraction of sp³-hybridized carbons (Fsp3) is 0.789. The quantitative estimate of drug-likeness (QED) is 0.0361. The fourth-order valence-corrected chi connectivity index (χ4v) is 22.5. The zero-order valence-corrected chi connectivity index (χ0v) is 52.7. The molecule has 406 valence electrons. The minimum absolute atomic E-state index is 0.0187. The van der Waals surface area contributed by atoms with Crippen LogP contribution in [-0.4, -0.2) is 88.8 Å². The molecule has 1 aromatic rings. The molecule has 0 aliphatic rings. The molecular formula is C57H108O9Si4. The van der Waals surface area contributed by atoms with Gasteiger partial charge in [-0.2, -0.15) is 0 Å². The highest BCUT2D eigenvalue weighted by Gasteiger charge is 2.46. The Hall–Kier alpha value is -1.69. The Morgan fingerprint density at radius 1 is 0.671 bits per heavy atom. The first-order chi connectivity index (χ1) is 33.0. The van der Waals surface area contributed by atoms with Crippen molar-refractivity contribution in [3.05, 3.63) is 53.6 Å². The predicted octanol–water partition coefficient (Wildman–Crippen LogP) is 16.4. The first-order valence-corrected chi connectivity index (χ1v) is 38.2. The van der Waals surface area contributed by atoms with Crippen molar-refractivity contribution in [2.24, 2.45) is 11.8 Å². The Balaban J connectivity index is 4.18. The van der Waals surface area contributed by atoms with Crippen molar-refractivity contribution < 1.29 is 41.5 Å². The highest BCUT2D eigenvalue weighted by Crippen LogP contribution is 2.40. The van der Waals surface area contributed by atoms with Crippen LogP contribution in [0.1, 0.15) is 162 Å². The number of carbonyl (C=O) groups excluding carboxylic acids is 2. The number of ketones is 1. The number of ether oxygens (including phenoxy) is 3. The molecule has 0 radical (unpaired) electrons. The molecule has 1 aromatic carbocycles. The second-order valence-electron chi connectivity index (χ2n) is 21.1. The van der Waals surface area contributed by atoms with Gasteiger partial charge in [0.25, 0.3) is 0 Å². The summed E-state index contributed by atoms with van der Waals surface area (Å²) < 4.78 is 47.8. The van der Waals surface area contributed by atoms with Gasteiger partial charge in [-0.05, 0) is 148 Å². The molecule has 0 fully saturated rings. The van der Waals surface area contributed by atoms with Crippen LogP contribution in [0.25, 0.3) is 0 Å². The van der Waals surface area contributed by atoms with Gasteiger partial charge in [0.2, 0.25) is 0 Å². The molecule has 0 saturated carbocycles. The highest BCUT2D eigenvalue weighted by molar-refractivity contribution is 6.74. The van der Waals surface area contributed by atoms with Gasteiger partial charge in [0.05, 0.1) is 38.1 Å². The highest BCUT2D eigenvalue weighted by atomic mass is 28.4. The summed E-state index contributed by atoms with van der Waals surface area (Å²) in [5.41, 5.74) is 2.36. The van der Waals surface area contributed by atoms with E-state index in [0.717, 1.165) is 114 Å². The van der Waals surface area contributed by atoms with E-state index in [1.165, 1.54) is 6.92 Å². The number of benzene rings is 1. The SMILES string of the molecule is C=C(/C=C(\C)[C@@](C)(C[C@@H](CC(=O)[C@H](OCc1ccc(OC)cc1)[C@@H](O[Si](CC)(CC)CC)[C@H](C)C[C@H](C)O[Si](CC)(CC)CC)O[Si](CC)(CC)CC)O[Si](CC)(CC)CC)C[C@@H](C)CCOC(C)=O. The smallest absolute Gasteiger partial charge is 0.302 e. The van der Waals surface area contributed by atoms with E-state index in [9.17, 15) is 4.79 Å². The molecule has 0 aromatic heterocycles. The molecule has 0 amide bonds. The topological polar surface area (TPSA) is 98.8 Å². The first-order valence-electron chi connectivity index (χ1n) is 28.0. The standard InChI is InChI=1S/C57H108O9Si4/c1-21-67(22-2,23-3)63-49(17)41-47(15)55(65-69(27-7,28-8)29-9)56(62-44-51-33-35-52(60-20)36-34-51)54(59)42-53(64-68(24-4,25-5)26-6)43-57(19,66-70(30-10,31-11)32-12)48(16)40-46(14)39-45(13)37-38-61-50(18)58/h33-36,40,45,47,49,53,55-56H,14,21-32,37-39,41-44H2,1-13,15-20H3/b48-40+/t45-,47+,49-,53+,55-,56-,57+/m0/s1. The van der Waals surface area contributed by atoms with Crippen molar-refractivity contribution in [2.75, 3.05) is 13.7 Å². The molecule has 1 rings (SSSR count). The first kappa shape index (κ1) is 66.3. The average Bonchev–Trinajstić information content (AvgIpc) is 3.35. The third kappa shape index (κ3) is 20.6. The Morgan fingerprint density at radius 3 is 1.60 bits per heavy atom. The number of Topliss-reactive ketones (excluding diaryl/α,β-unsaturated/α-hetero) is 1. The Labute approximate surface area is 435 Å². The molecule has 0 N–H and O–H groups in total. The Kier molecular flexibility index (Phi) is 30.9. The summed E-state index contributed by atoms with van der Waals surface area (Å²) >= 11 is 0. The number of esters is 1. The minimum atomic E-state index is -2.28.